The summed E-state index contributed by atoms with van der Waals surface area (Å²) in [5.41, 5.74) is 2.46. The average molecular weight is 412 g/mol. The van der Waals surface area contributed by atoms with Gasteiger partial charge in [-0.15, -0.1) is 11.8 Å². The van der Waals surface area contributed by atoms with Crippen molar-refractivity contribution in [3.63, 3.8) is 0 Å². The maximum Gasteiger partial charge on any atom is 0.272 e. The number of aryl methyl sites for hydroxylation is 1. The van der Waals surface area contributed by atoms with Gasteiger partial charge in [-0.3, -0.25) is 19.5 Å². The van der Waals surface area contributed by atoms with Gasteiger partial charge in [-0.1, -0.05) is 42.1 Å². The van der Waals surface area contributed by atoms with E-state index in [1.54, 1.807) is 16.7 Å². The zero-order chi connectivity index (χ0) is 19.7. The minimum atomic E-state index is -0.448. The van der Waals surface area contributed by atoms with Crippen LogP contribution in [-0.2, 0) is 6.42 Å². The Morgan fingerprint density at radius 3 is 2.57 bits per heavy atom. The summed E-state index contributed by atoms with van der Waals surface area (Å²) in [6.45, 7) is 2.08. The van der Waals surface area contributed by atoms with Gasteiger partial charge in [0.1, 0.15) is 0 Å². The molecule has 3 aromatic rings. The van der Waals surface area contributed by atoms with E-state index in [4.69, 9.17) is 4.98 Å². The summed E-state index contributed by atoms with van der Waals surface area (Å²) in [6, 6.07) is 16.1. The molecule has 0 fully saturated rings. The Bertz CT molecular complexity index is 1080. The Hall–Kier alpha value is -2.58. The molecule has 0 saturated carbocycles. The smallest absolute Gasteiger partial charge is 0.268 e. The third kappa shape index (κ3) is 3.57. The second-order valence-electron chi connectivity index (χ2n) is 6.35. The predicted octanol–water partition coefficient (Wildman–Crippen LogP) is 4.64. The van der Waals surface area contributed by atoms with E-state index >= 15 is 0 Å². The summed E-state index contributed by atoms with van der Waals surface area (Å²) in [5, 5.41) is 11.7. The molecule has 0 radical (unpaired) electrons. The van der Waals surface area contributed by atoms with Crippen LogP contribution in [0.2, 0.25) is 0 Å². The number of fused-ring (bicyclic) bond motifs is 1. The number of nitro benzene ring substituents is 1. The molecule has 2 aromatic carbocycles. The van der Waals surface area contributed by atoms with Crippen molar-refractivity contribution in [3.05, 3.63) is 86.3 Å². The number of hydrogen-bond acceptors (Lipinski definition) is 6. The number of thioether (sulfide) groups is 2. The maximum atomic E-state index is 13.2. The van der Waals surface area contributed by atoms with Gasteiger partial charge in [-0.2, -0.15) is 0 Å². The van der Waals surface area contributed by atoms with E-state index < -0.39 is 4.92 Å². The number of rotatable bonds is 5. The van der Waals surface area contributed by atoms with Crippen LogP contribution in [0.1, 0.15) is 23.4 Å². The molecular formula is C20H17N3O3S2. The lowest BCUT2D eigenvalue weighted by molar-refractivity contribution is -0.384. The Morgan fingerprint density at radius 2 is 1.89 bits per heavy atom. The highest BCUT2D eigenvalue weighted by atomic mass is 32.2. The molecule has 4 rings (SSSR count). The first-order valence-electron chi connectivity index (χ1n) is 8.80. The van der Waals surface area contributed by atoms with E-state index in [9.17, 15) is 14.9 Å². The molecule has 28 heavy (non-hydrogen) atoms. The van der Waals surface area contributed by atoms with Crippen LogP contribution in [0.5, 0.6) is 0 Å². The van der Waals surface area contributed by atoms with Crippen molar-refractivity contribution < 1.29 is 4.92 Å². The van der Waals surface area contributed by atoms with Crippen LogP contribution in [0.4, 0.5) is 5.69 Å². The highest BCUT2D eigenvalue weighted by molar-refractivity contribution is 7.99. The third-order valence-corrected chi connectivity index (χ3v) is 6.75. The molecule has 6 nitrogen and oxygen atoms in total. The normalized spacial score (nSPS) is 13.9. The molecule has 0 spiro atoms. The van der Waals surface area contributed by atoms with Gasteiger partial charge in [-0.25, -0.2) is 4.98 Å². The van der Waals surface area contributed by atoms with Crippen LogP contribution in [0, 0.1) is 10.1 Å². The lowest BCUT2D eigenvalue weighted by atomic mass is 10.2. The number of hydrogen-bond donors (Lipinski definition) is 0. The largest absolute Gasteiger partial charge is 0.272 e. The van der Waals surface area contributed by atoms with Crippen LogP contribution < -0.4 is 5.56 Å². The van der Waals surface area contributed by atoms with Crippen LogP contribution >= 0.6 is 23.5 Å². The van der Waals surface area contributed by atoms with Gasteiger partial charge < -0.3 is 0 Å². The van der Waals surface area contributed by atoms with Crippen molar-refractivity contribution in [2.45, 2.75) is 28.6 Å². The Morgan fingerprint density at radius 1 is 1.18 bits per heavy atom. The number of nitro groups is 1. The van der Waals surface area contributed by atoms with Gasteiger partial charge in [0, 0.05) is 29.6 Å². The molecule has 1 atom stereocenters. The fourth-order valence-corrected chi connectivity index (χ4v) is 5.17. The van der Waals surface area contributed by atoms with Crippen molar-refractivity contribution >= 4 is 29.2 Å². The summed E-state index contributed by atoms with van der Waals surface area (Å²) in [6.07, 6.45) is 0.781. The quantitative estimate of drug-likeness (QED) is 0.263. The number of nitrogens with zero attached hydrogens (tertiary/aromatic N) is 3. The summed E-state index contributed by atoms with van der Waals surface area (Å²) < 4.78 is 1.57. The molecule has 0 bridgehead atoms. The first kappa shape index (κ1) is 18.8. The summed E-state index contributed by atoms with van der Waals surface area (Å²) in [5.74, 6) is 0.847. The van der Waals surface area contributed by atoms with Gasteiger partial charge in [-0.05, 0) is 24.6 Å². The molecule has 142 valence electrons. The Labute approximate surface area is 170 Å². The first-order chi connectivity index (χ1) is 13.5. The van der Waals surface area contributed by atoms with Gasteiger partial charge in [0.2, 0.25) is 0 Å². The summed E-state index contributed by atoms with van der Waals surface area (Å²) >= 11 is 3.04. The minimum absolute atomic E-state index is 0.00727. The molecule has 2 heterocycles. The van der Waals surface area contributed by atoms with Gasteiger partial charge in [0.15, 0.2) is 5.16 Å². The van der Waals surface area contributed by atoms with Gasteiger partial charge in [0.25, 0.3) is 11.2 Å². The molecule has 8 heteroatoms. The molecule has 1 aliphatic heterocycles. The Balaban J connectivity index is 1.80. The second-order valence-corrected chi connectivity index (χ2v) is 8.77. The molecule has 0 saturated heterocycles. The molecular weight excluding hydrogens is 394 g/mol. The SMILES string of the molecule is CC(Sc1nc2c(c(=O)n1-c1ccc([N+](=O)[O-])cc1)SCC2)c1ccccc1. The lowest BCUT2D eigenvalue weighted by Crippen LogP contribution is -2.24. The van der Waals surface area contributed by atoms with E-state index in [1.165, 1.54) is 35.7 Å². The maximum absolute atomic E-state index is 13.2. The highest BCUT2D eigenvalue weighted by Crippen LogP contribution is 2.36. The molecule has 0 aliphatic carbocycles. The van der Waals surface area contributed by atoms with Crippen molar-refractivity contribution in [1.29, 1.82) is 0 Å². The van der Waals surface area contributed by atoms with Crippen molar-refractivity contribution in [2.24, 2.45) is 0 Å². The topological polar surface area (TPSA) is 78.0 Å². The number of non-ortho nitro benzene ring substituents is 1. The van der Waals surface area contributed by atoms with Crippen LogP contribution in [0.3, 0.4) is 0 Å². The average Bonchev–Trinajstić information content (AvgIpc) is 3.18. The van der Waals surface area contributed by atoms with E-state index in [-0.39, 0.29) is 16.5 Å². The monoisotopic (exact) mass is 411 g/mol. The molecule has 1 unspecified atom stereocenters. The fraction of sp³-hybridized carbons (Fsp3) is 0.200. The standard InChI is InChI=1S/C20H17N3O3S2/c1-13(14-5-3-2-4-6-14)28-20-21-17-11-12-27-18(17)19(24)22(20)15-7-9-16(10-8-15)23(25)26/h2-10,13H,11-12H2,1H3. The molecule has 0 N–H and O–H groups in total. The zero-order valence-corrected chi connectivity index (χ0v) is 16.7. The molecule has 1 aromatic heterocycles. The van der Waals surface area contributed by atoms with Crippen LogP contribution in [0.25, 0.3) is 5.69 Å². The zero-order valence-electron chi connectivity index (χ0n) is 15.1. The van der Waals surface area contributed by atoms with E-state index in [0.29, 0.717) is 15.7 Å². The fourth-order valence-electron chi connectivity index (χ4n) is 3.07. The Kier molecular flexibility index (Phi) is 5.23. The van der Waals surface area contributed by atoms with Crippen molar-refractivity contribution in [2.75, 3.05) is 5.75 Å². The first-order valence-corrected chi connectivity index (χ1v) is 10.7. The van der Waals surface area contributed by atoms with E-state index in [2.05, 4.69) is 19.1 Å². The van der Waals surface area contributed by atoms with Crippen molar-refractivity contribution in [1.82, 2.24) is 9.55 Å². The third-order valence-electron chi connectivity index (χ3n) is 4.54. The van der Waals surface area contributed by atoms with Crippen molar-refractivity contribution in [3.8, 4) is 5.69 Å². The highest BCUT2D eigenvalue weighted by Gasteiger charge is 2.24. The van der Waals surface area contributed by atoms with E-state index in [1.807, 2.05) is 18.2 Å². The minimum Gasteiger partial charge on any atom is -0.268 e. The summed E-state index contributed by atoms with van der Waals surface area (Å²) in [4.78, 5) is 29.1. The summed E-state index contributed by atoms with van der Waals surface area (Å²) in [7, 11) is 0. The van der Waals surface area contributed by atoms with Crippen LogP contribution in [0.15, 0.2) is 69.4 Å². The number of benzene rings is 2. The van der Waals surface area contributed by atoms with E-state index in [0.717, 1.165) is 23.4 Å². The number of aromatic nitrogens is 2. The molecule has 1 aliphatic rings. The lowest BCUT2D eigenvalue weighted by Gasteiger charge is -2.17. The van der Waals surface area contributed by atoms with Crippen LogP contribution in [-0.4, -0.2) is 20.2 Å². The van der Waals surface area contributed by atoms with Gasteiger partial charge in [0.05, 0.1) is 21.2 Å². The second kappa shape index (κ2) is 7.81. The van der Waals surface area contributed by atoms with Gasteiger partial charge >= 0.3 is 0 Å². The predicted molar refractivity (Wildman–Crippen MR) is 112 cm³/mol. The molecule has 0 amide bonds.